The molecule has 0 aliphatic carbocycles. The molecule has 0 spiro atoms. The highest BCUT2D eigenvalue weighted by Crippen LogP contribution is 2.06. The van der Waals surface area contributed by atoms with Crippen LogP contribution in [0.2, 0.25) is 0 Å². The van der Waals surface area contributed by atoms with Crippen LogP contribution in [0.15, 0.2) is 0 Å². The Hall–Kier alpha value is -1.05. The molecule has 1 aliphatic heterocycles. The second kappa shape index (κ2) is 10.6. The fourth-order valence-electron chi connectivity index (χ4n) is 2.30. The van der Waals surface area contributed by atoms with E-state index >= 15 is 0 Å². The number of carbonyl (C=O) groups is 1. The molecule has 0 radical (unpaired) electrons. The van der Waals surface area contributed by atoms with Crippen molar-refractivity contribution in [1.82, 2.24) is 9.80 Å². The Labute approximate surface area is 129 Å². The zero-order valence-corrected chi connectivity index (χ0v) is 13.9. The number of hydrogen-bond donors (Lipinski definition) is 0. The Morgan fingerprint density at radius 2 is 1.90 bits per heavy atom. The van der Waals surface area contributed by atoms with Crippen LogP contribution in [0.5, 0.6) is 0 Å². The number of unbranched alkanes of at least 4 members (excludes halogenated alkanes) is 1. The van der Waals surface area contributed by atoms with E-state index in [1.807, 2.05) is 11.8 Å². The van der Waals surface area contributed by atoms with Crippen LogP contribution in [-0.4, -0.2) is 61.6 Å². The molecule has 0 unspecified atom stereocenters. The average molecular weight is 294 g/mol. The first-order chi connectivity index (χ1) is 10.1. The maximum Gasteiger partial charge on any atom is 0.222 e. The van der Waals surface area contributed by atoms with E-state index in [9.17, 15) is 4.79 Å². The third-order valence-corrected chi connectivity index (χ3v) is 3.55. The van der Waals surface area contributed by atoms with Gasteiger partial charge in [0.2, 0.25) is 5.91 Å². The van der Waals surface area contributed by atoms with Gasteiger partial charge in [-0.15, -0.1) is 0 Å². The van der Waals surface area contributed by atoms with Gasteiger partial charge in [0.25, 0.3) is 0 Å². The first kappa shape index (κ1) is 18.0. The lowest BCUT2D eigenvalue weighted by atomic mass is 10.2. The van der Waals surface area contributed by atoms with E-state index in [0.29, 0.717) is 18.2 Å². The van der Waals surface area contributed by atoms with Crippen molar-refractivity contribution >= 4 is 5.91 Å². The lowest BCUT2D eigenvalue weighted by molar-refractivity contribution is -0.133. The fourth-order valence-corrected chi connectivity index (χ4v) is 2.30. The van der Waals surface area contributed by atoms with E-state index in [-0.39, 0.29) is 0 Å². The molecular formula is C17H30N2O2. The monoisotopic (exact) mass is 294 g/mol. The molecule has 4 heteroatoms. The SMILES string of the molecule is CCOCCCCC(=O)N1CCN(CC#CC(C)C)CC1. The maximum absolute atomic E-state index is 12.1. The average Bonchev–Trinajstić information content (AvgIpc) is 2.47. The molecule has 0 bridgehead atoms. The molecule has 4 nitrogen and oxygen atoms in total. The van der Waals surface area contributed by atoms with E-state index in [1.54, 1.807) is 0 Å². The van der Waals surface area contributed by atoms with Crippen LogP contribution in [0.4, 0.5) is 0 Å². The van der Waals surface area contributed by atoms with Gasteiger partial charge in [0.15, 0.2) is 0 Å². The van der Waals surface area contributed by atoms with Crippen molar-refractivity contribution in [3.63, 3.8) is 0 Å². The number of amides is 1. The van der Waals surface area contributed by atoms with Crippen molar-refractivity contribution in [1.29, 1.82) is 0 Å². The molecule has 0 atom stereocenters. The topological polar surface area (TPSA) is 32.8 Å². The molecule has 1 heterocycles. The number of hydrogen-bond acceptors (Lipinski definition) is 3. The van der Waals surface area contributed by atoms with Gasteiger partial charge in [-0.3, -0.25) is 9.69 Å². The molecule has 0 aromatic carbocycles. The number of piperazine rings is 1. The first-order valence-electron chi connectivity index (χ1n) is 8.19. The van der Waals surface area contributed by atoms with Gasteiger partial charge in [0.1, 0.15) is 0 Å². The van der Waals surface area contributed by atoms with Gasteiger partial charge in [0, 0.05) is 51.7 Å². The summed E-state index contributed by atoms with van der Waals surface area (Å²) in [6, 6.07) is 0. The van der Waals surface area contributed by atoms with Crippen molar-refractivity contribution in [3.05, 3.63) is 0 Å². The molecule has 1 amide bonds. The number of nitrogens with zero attached hydrogens (tertiary/aromatic N) is 2. The molecule has 21 heavy (non-hydrogen) atoms. The Bertz CT molecular complexity index is 350. The summed E-state index contributed by atoms with van der Waals surface area (Å²) in [5, 5.41) is 0. The number of ether oxygens (including phenoxy) is 1. The Morgan fingerprint density at radius 3 is 2.52 bits per heavy atom. The minimum atomic E-state index is 0.291. The second-order valence-electron chi connectivity index (χ2n) is 5.79. The molecule has 1 saturated heterocycles. The molecule has 1 fully saturated rings. The van der Waals surface area contributed by atoms with Crippen molar-refractivity contribution in [2.24, 2.45) is 5.92 Å². The summed E-state index contributed by atoms with van der Waals surface area (Å²) in [6.07, 6.45) is 2.56. The zero-order chi connectivity index (χ0) is 15.5. The normalized spacial score (nSPS) is 15.9. The van der Waals surface area contributed by atoms with Crippen LogP contribution in [-0.2, 0) is 9.53 Å². The third-order valence-electron chi connectivity index (χ3n) is 3.55. The fraction of sp³-hybridized carbons (Fsp3) is 0.824. The minimum absolute atomic E-state index is 0.291. The third kappa shape index (κ3) is 8.08. The van der Waals surface area contributed by atoms with Crippen LogP contribution in [0.25, 0.3) is 0 Å². The summed E-state index contributed by atoms with van der Waals surface area (Å²) >= 11 is 0. The lowest BCUT2D eigenvalue weighted by Gasteiger charge is -2.33. The van der Waals surface area contributed by atoms with Gasteiger partial charge in [-0.25, -0.2) is 0 Å². The van der Waals surface area contributed by atoms with Crippen LogP contribution >= 0.6 is 0 Å². The molecule has 120 valence electrons. The molecule has 0 N–H and O–H groups in total. The van der Waals surface area contributed by atoms with Crippen molar-refractivity contribution < 1.29 is 9.53 Å². The van der Waals surface area contributed by atoms with E-state index in [2.05, 4.69) is 30.6 Å². The van der Waals surface area contributed by atoms with Crippen molar-refractivity contribution in [2.75, 3.05) is 45.9 Å². The second-order valence-corrected chi connectivity index (χ2v) is 5.79. The summed E-state index contributed by atoms with van der Waals surface area (Å²) < 4.78 is 5.28. The molecular weight excluding hydrogens is 264 g/mol. The zero-order valence-electron chi connectivity index (χ0n) is 13.9. The van der Waals surface area contributed by atoms with Crippen LogP contribution in [0.1, 0.15) is 40.0 Å². The summed E-state index contributed by atoms with van der Waals surface area (Å²) in [5.41, 5.74) is 0. The quantitative estimate of drug-likeness (QED) is 0.532. The molecule has 1 aliphatic rings. The molecule has 1 rings (SSSR count). The predicted octanol–water partition coefficient (Wildman–Crippen LogP) is 2.00. The van der Waals surface area contributed by atoms with E-state index in [1.165, 1.54) is 0 Å². The number of carbonyl (C=O) groups excluding carboxylic acids is 1. The van der Waals surface area contributed by atoms with Gasteiger partial charge >= 0.3 is 0 Å². The largest absolute Gasteiger partial charge is 0.382 e. The van der Waals surface area contributed by atoms with Crippen LogP contribution in [0, 0.1) is 17.8 Å². The summed E-state index contributed by atoms with van der Waals surface area (Å²) in [7, 11) is 0. The van der Waals surface area contributed by atoms with E-state index < -0.39 is 0 Å². The highest BCUT2D eigenvalue weighted by Gasteiger charge is 2.19. The minimum Gasteiger partial charge on any atom is -0.382 e. The van der Waals surface area contributed by atoms with E-state index in [0.717, 1.165) is 58.8 Å². The Morgan fingerprint density at radius 1 is 1.19 bits per heavy atom. The van der Waals surface area contributed by atoms with Gasteiger partial charge < -0.3 is 9.64 Å². The Kier molecular flexibility index (Phi) is 9.12. The summed E-state index contributed by atoms with van der Waals surface area (Å²) in [6.45, 7) is 12.1. The maximum atomic E-state index is 12.1. The highest BCUT2D eigenvalue weighted by atomic mass is 16.5. The van der Waals surface area contributed by atoms with Gasteiger partial charge in [-0.2, -0.15) is 0 Å². The van der Waals surface area contributed by atoms with Gasteiger partial charge in [0.05, 0.1) is 6.54 Å². The predicted molar refractivity (Wildman–Crippen MR) is 86.0 cm³/mol. The highest BCUT2D eigenvalue weighted by molar-refractivity contribution is 5.76. The molecule has 0 saturated carbocycles. The molecule has 0 aromatic rings. The molecule has 0 aromatic heterocycles. The summed E-state index contributed by atoms with van der Waals surface area (Å²) in [5.74, 6) is 7.12. The lowest BCUT2D eigenvalue weighted by Crippen LogP contribution is -2.48. The van der Waals surface area contributed by atoms with Gasteiger partial charge in [-0.1, -0.05) is 25.7 Å². The summed E-state index contributed by atoms with van der Waals surface area (Å²) in [4.78, 5) is 16.4. The number of rotatable bonds is 7. The van der Waals surface area contributed by atoms with Crippen LogP contribution in [0.3, 0.4) is 0 Å². The van der Waals surface area contributed by atoms with Crippen molar-refractivity contribution in [2.45, 2.75) is 40.0 Å². The van der Waals surface area contributed by atoms with Crippen LogP contribution < -0.4 is 0 Å². The first-order valence-corrected chi connectivity index (χ1v) is 8.19. The van der Waals surface area contributed by atoms with Gasteiger partial charge in [-0.05, 0) is 19.8 Å². The smallest absolute Gasteiger partial charge is 0.222 e. The Balaban J connectivity index is 2.14. The van der Waals surface area contributed by atoms with E-state index in [4.69, 9.17) is 4.74 Å². The van der Waals surface area contributed by atoms with Crippen molar-refractivity contribution in [3.8, 4) is 11.8 Å². The standard InChI is InChI=1S/C17H30N2O2/c1-4-21-15-6-5-9-17(20)19-13-11-18(12-14-19)10-7-8-16(2)3/h16H,4-6,9-15H2,1-3H3.